The molecule has 0 aliphatic carbocycles. The van der Waals surface area contributed by atoms with E-state index in [0.717, 1.165) is 20.0 Å². The van der Waals surface area contributed by atoms with Crippen molar-refractivity contribution in [3.63, 3.8) is 0 Å². The van der Waals surface area contributed by atoms with Crippen LogP contribution in [0.25, 0.3) is 0 Å². The Morgan fingerprint density at radius 1 is 0.724 bits per heavy atom. The van der Waals surface area contributed by atoms with Crippen LogP contribution in [0.2, 0.25) is 0 Å². The van der Waals surface area contributed by atoms with Gasteiger partial charge in [-0.3, -0.25) is 18.1 Å². The van der Waals surface area contributed by atoms with Crippen LogP contribution in [-0.4, -0.2) is 123 Å². The van der Waals surface area contributed by atoms with Gasteiger partial charge in [0, 0.05) is 43.4 Å². The molecule has 0 amide bonds. The van der Waals surface area contributed by atoms with Crippen LogP contribution in [0, 0.1) is 17.8 Å². The lowest BCUT2D eigenvalue weighted by Gasteiger charge is -2.47. The van der Waals surface area contributed by atoms with Gasteiger partial charge in [0.25, 0.3) is 0 Å². The Bertz CT molecular complexity index is 1420. The van der Waals surface area contributed by atoms with Crippen molar-refractivity contribution >= 4 is 57.7 Å². The van der Waals surface area contributed by atoms with Crippen LogP contribution in [0.3, 0.4) is 0 Å². The lowest BCUT2D eigenvalue weighted by atomic mass is 9.67. The normalized spacial score (nSPS) is 33.8. The molecule has 0 radical (unpaired) electrons. The maximum absolute atomic E-state index is 14.4. The molecule has 22 heteroatoms. The van der Waals surface area contributed by atoms with Gasteiger partial charge in [-0.1, -0.05) is 67.7 Å². The minimum absolute atomic E-state index is 0.123. The van der Waals surface area contributed by atoms with Crippen LogP contribution in [0.5, 0.6) is 0 Å². The van der Waals surface area contributed by atoms with Gasteiger partial charge in [-0.25, -0.2) is 9.13 Å². The summed E-state index contributed by atoms with van der Waals surface area (Å²) in [7, 11) is -2.31. The number of hydrogen-bond acceptors (Lipinski definition) is 13. The molecule has 15 unspecified atom stereocenters. The van der Waals surface area contributed by atoms with Gasteiger partial charge >= 0.3 is 22.4 Å². The molecule has 3 aliphatic heterocycles. The molecule has 3 aliphatic rings. The molecule has 0 aromatic heterocycles. The van der Waals surface area contributed by atoms with Gasteiger partial charge in [-0.2, -0.15) is 0 Å². The highest BCUT2D eigenvalue weighted by Crippen LogP contribution is 2.60. The van der Waals surface area contributed by atoms with E-state index in [1.54, 1.807) is 0 Å². The number of phosphoric acid groups is 2. The smallest absolute Gasteiger partial charge is 0.390 e. The molecule has 15 nitrogen and oxygen atoms in total. The average molecular weight is 904 g/mol. The minimum Gasteiger partial charge on any atom is -0.390 e. The molecule has 3 saturated heterocycles. The molecule has 338 valence electrons. The third-order valence-corrected chi connectivity index (χ3v) is 16.8. The van der Waals surface area contributed by atoms with Crippen molar-refractivity contribution in [2.24, 2.45) is 17.8 Å². The van der Waals surface area contributed by atoms with E-state index in [0.29, 0.717) is 64.2 Å². The first-order valence-electron chi connectivity index (χ1n) is 21.7. The first-order valence-corrected chi connectivity index (χ1v) is 27.3. The van der Waals surface area contributed by atoms with E-state index < -0.39 is 69.5 Å². The third kappa shape index (κ3) is 13.6. The van der Waals surface area contributed by atoms with Crippen LogP contribution in [0.1, 0.15) is 132 Å². The van der Waals surface area contributed by atoms with Gasteiger partial charge in [0.2, 0.25) is 0 Å². The Balaban J connectivity index is 1.92. The van der Waals surface area contributed by atoms with E-state index in [1.807, 2.05) is 65.1 Å². The van der Waals surface area contributed by atoms with E-state index in [9.17, 15) is 28.9 Å². The van der Waals surface area contributed by atoms with E-state index >= 15 is 0 Å². The summed E-state index contributed by atoms with van der Waals surface area (Å²) in [6.07, 6.45) is 4.15. The monoisotopic (exact) mass is 904 g/mol. The number of ether oxygens (including phenoxy) is 3. The average Bonchev–Trinajstić information content (AvgIpc) is 3.84. The SMILES string of the molecule is BC1CC(O)C(COP(O)(=S)OC(CC)(CCC)C2CC(B)OC2COP(=O)(O)OC(CC)(C(CC)CCC)C2CC(B)OC2CC(CC)(CC)OP(=O)(O)OC)O1. The van der Waals surface area contributed by atoms with Crippen molar-refractivity contribution < 1.29 is 70.3 Å². The Labute approximate surface area is 356 Å². The largest absolute Gasteiger partial charge is 0.472 e. The van der Waals surface area contributed by atoms with Crippen LogP contribution < -0.4 is 0 Å². The van der Waals surface area contributed by atoms with Crippen LogP contribution >= 0.6 is 22.4 Å². The van der Waals surface area contributed by atoms with Crippen molar-refractivity contribution in [2.45, 2.75) is 191 Å². The van der Waals surface area contributed by atoms with E-state index in [-0.39, 0.29) is 49.5 Å². The zero-order valence-corrected chi connectivity index (χ0v) is 40.4. The van der Waals surface area contributed by atoms with Crippen LogP contribution in [0.15, 0.2) is 0 Å². The van der Waals surface area contributed by atoms with Crippen molar-refractivity contribution in [3.05, 3.63) is 0 Å². The number of phosphoric ester groups is 2. The molecule has 0 aromatic carbocycles. The highest BCUT2D eigenvalue weighted by Gasteiger charge is 2.57. The van der Waals surface area contributed by atoms with Crippen molar-refractivity contribution in [2.75, 3.05) is 20.3 Å². The first kappa shape index (κ1) is 53.1. The Kier molecular flexibility index (Phi) is 20.7. The summed E-state index contributed by atoms with van der Waals surface area (Å²) in [6.45, 7) is 9.51. The zero-order valence-electron chi connectivity index (χ0n) is 36.9. The first-order chi connectivity index (χ1) is 27.1. The maximum Gasteiger partial charge on any atom is 0.472 e. The van der Waals surface area contributed by atoms with Crippen molar-refractivity contribution in [1.82, 2.24) is 0 Å². The molecule has 3 rings (SSSR count). The lowest BCUT2D eigenvalue weighted by Crippen LogP contribution is -2.51. The highest BCUT2D eigenvalue weighted by atomic mass is 32.5. The molecule has 0 saturated carbocycles. The summed E-state index contributed by atoms with van der Waals surface area (Å²) in [4.78, 5) is 33.5. The fourth-order valence-corrected chi connectivity index (χ4v) is 14.0. The summed E-state index contributed by atoms with van der Waals surface area (Å²) < 4.78 is 81.2. The second-order valence-corrected chi connectivity index (χ2v) is 22.5. The predicted molar refractivity (Wildman–Crippen MR) is 234 cm³/mol. The maximum atomic E-state index is 14.4. The van der Waals surface area contributed by atoms with Gasteiger partial charge in [-0.15, -0.1) is 0 Å². The second-order valence-electron chi connectivity index (χ2n) is 16.9. The van der Waals surface area contributed by atoms with Gasteiger partial charge in [0.1, 0.15) is 29.6 Å². The standard InChI is InChI=1S/C36H74B3O15P3S/c1-9-16-24(11-3)36(15-7,26-19-32(38)49-28(26)21-34(12-4,13-5)52-55(41,42)46-8)54-56(43,44)47-22-29-25(18-31(37)50-29)35(14-6,17-10-2)53-57(45,58)48-23-30-27(40)20-33(39)51-30/h24-33,40H,9-23,37-39H2,1-8H3,(H,41,42)(H,43,44)(H,45,58). The Morgan fingerprint density at radius 2 is 1.29 bits per heavy atom. The molecule has 3 heterocycles. The molecule has 58 heavy (non-hydrogen) atoms. The Morgan fingerprint density at radius 3 is 1.79 bits per heavy atom. The number of aliphatic hydroxyl groups excluding tert-OH is 1. The second kappa shape index (κ2) is 22.6. The van der Waals surface area contributed by atoms with Gasteiger partial charge < -0.3 is 43.0 Å². The molecular formula is C36H74B3O15P3S. The van der Waals surface area contributed by atoms with Gasteiger partial charge in [0.15, 0.2) is 0 Å². The number of hydrogen-bond donors (Lipinski definition) is 4. The van der Waals surface area contributed by atoms with Crippen LogP contribution in [0.4, 0.5) is 0 Å². The molecular weight excluding hydrogens is 830 g/mol. The molecule has 15 atom stereocenters. The fraction of sp³-hybridized carbons (Fsp3) is 1.00. The molecule has 0 aromatic rings. The van der Waals surface area contributed by atoms with E-state index in [2.05, 4.69) is 6.92 Å². The summed E-state index contributed by atoms with van der Waals surface area (Å²) in [6, 6.07) is -0.621. The molecule has 3 fully saturated rings. The minimum atomic E-state index is -4.81. The van der Waals surface area contributed by atoms with E-state index in [1.165, 1.54) is 0 Å². The number of rotatable bonds is 27. The van der Waals surface area contributed by atoms with Crippen molar-refractivity contribution in [3.8, 4) is 0 Å². The third-order valence-electron chi connectivity index (χ3n) is 13.0. The van der Waals surface area contributed by atoms with Crippen molar-refractivity contribution in [1.29, 1.82) is 0 Å². The van der Waals surface area contributed by atoms with Gasteiger partial charge in [0.05, 0.1) is 48.3 Å². The highest BCUT2D eigenvalue weighted by molar-refractivity contribution is 8.07. The fourth-order valence-electron chi connectivity index (χ4n) is 10.0. The number of aliphatic hydroxyl groups is 1. The lowest BCUT2D eigenvalue weighted by molar-refractivity contribution is -0.115. The Hall–Kier alpha value is 0.785. The molecule has 0 bridgehead atoms. The van der Waals surface area contributed by atoms with Crippen LogP contribution in [-0.2, 0) is 62.3 Å². The summed E-state index contributed by atoms with van der Waals surface area (Å²) in [5, 5.41) is 10.4. The van der Waals surface area contributed by atoms with E-state index in [4.69, 9.17) is 53.2 Å². The zero-order chi connectivity index (χ0) is 43.7. The molecule has 0 spiro atoms. The van der Waals surface area contributed by atoms with Gasteiger partial charge in [-0.05, 0) is 75.5 Å². The summed E-state index contributed by atoms with van der Waals surface area (Å²) >= 11 is 5.54. The topological polar surface area (TPSA) is 198 Å². The summed E-state index contributed by atoms with van der Waals surface area (Å²) in [5.74, 6) is -0.926. The molecule has 4 N–H and O–H groups in total. The quantitative estimate of drug-likeness (QED) is 0.0645. The predicted octanol–water partition coefficient (Wildman–Crippen LogP) is 4.84. The summed E-state index contributed by atoms with van der Waals surface area (Å²) in [5.41, 5.74) is -3.25.